The molecule has 8 nitrogen and oxygen atoms in total. The third-order valence-corrected chi connectivity index (χ3v) is 6.49. The van der Waals surface area contributed by atoms with Crippen molar-refractivity contribution in [2.75, 3.05) is 39.3 Å². The van der Waals surface area contributed by atoms with E-state index < -0.39 is 16.0 Å². The largest absolute Gasteiger partial charge is 0.462 e. The molecule has 9 heteroatoms. The van der Waals surface area contributed by atoms with Gasteiger partial charge >= 0.3 is 5.97 Å². The summed E-state index contributed by atoms with van der Waals surface area (Å²) in [6.07, 6.45) is 0.679. The lowest BCUT2D eigenvalue weighted by atomic mass is 10.1. The van der Waals surface area contributed by atoms with Crippen molar-refractivity contribution in [2.24, 2.45) is 0 Å². The number of quaternary nitrogens is 1. The normalized spacial score (nSPS) is 18.7. The number of hydrogen-bond donors (Lipinski definition) is 2. The summed E-state index contributed by atoms with van der Waals surface area (Å²) in [7, 11) is -3.65. The highest BCUT2D eigenvalue weighted by atomic mass is 32.2. The van der Waals surface area contributed by atoms with Crippen molar-refractivity contribution in [2.45, 2.75) is 44.6 Å². The van der Waals surface area contributed by atoms with Crippen LogP contribution in [-0.2, 0) is 19.6 Å². The van der Waals surface area contributed by atoms with E-state index in [1.165, 1.54) is 28.6 Å². The third-order valence-electron chi connectivity index (χ3n) is 4.58. The summed E-state index contributed by atoms with van der Waals surface area (Å²) in [6.45, 7) is 10.2. The second-order valence-corrected chi connectivity index (χ2v) is 10.2. The first kappa shape index (κ1) is 23.3. The lowest BCUT2D eigenvalue weighted by Crippen LogP contribution is -3.13. The van der Waals surface area contributed by atoms with Gasteiger partial charge in [0.15, 0.2) is 6.54 Å². The molecule has 1 heterocycles. The van der Waals surface area contributed by atoms with Crippen LogP contribution in [-0.4, -0.2) is 69.5 Å². The van der Waals surface area contributed by atoms with Gasteiger partial charge in [0.1, 0.15) is 0 Å². The first-order chi connectivity index (χ1) is 13.5. The summed E-state index contributed by atoms with van der Waals surface area (Å²) < 4.78 is 32.4. The van der Waals surface area contributed by atoms with Gasteiger partial charge in [-0.2, -0.15) is 4.31 Å². The molecule has 1 aromatic carbocycles. The molecule has 2 rings (SSSR count). The van der Waals surface area contributed by atoms with Crippen LogP contribution in [0.1, 0.15) is 44.5 Å². The van der Waals surface area contributed by atoms with E-state index in [2.05, 4.69) is 5.32 Å². The molecule has 0 radical (unpaired) electrons. The number of hydrogen-bond acceptors (Lipinski definition) is 5. The van der Waals surface area contributed by atoms with Crippen LogP contribution in [0.4, 0.5) is 0 Å². The van der Waals surface area contributed by atoms with E-state index in [9.17, 15) is 18.0 Å². The molecule has 1 atom stereocenters. The number of sulfonamides is 1. The molecule has 1 saturated heterocycles. The van der Waals surface area contributed by atoms with E-state index in [4.69, 9.17) is 4.74 Å². The topological polar surface area (TPSA) is 97.2 Å². The molecule has 0 spiro atoms. The SMILES string of the molecule is CCOC(=O)c1ccc(S(=O)(=O)N2CCC[NH+](CC(=O)NC(C)(C)C)CC2)cc1. The van der Waals surface area contributed by atoms with Crippen molar-refractivity contribution < 1.29 is 27.6 Å². The number of amides is 1. The summed E-state index contributed by atoms with van der Waals surface area (Å²) in [4.78, 5) is 25.1. The van der Waals surface area contributed by atoms with E-state index in [-0.39, 0.29) is 22.9 Å². The second kappa shape index (κ2) is 9.69. The molecule has 1 amide bonds. The van der Waals surface area contributed by atoms with Crippen LogP contribution in [0, 0.1) is 0 Å². The molecule has 1 aliphatic heterocycles. The van der Waals surface area contributed by atoms with Crippen molar-refractivity contribution in [1.29, 1.82) is 0 Å². The van der Waals surface area contributed by atoms with Crippen molar-refractivity contribution in [3.8, 4) is 0 Å². The van der Waals surface area contributed by atoms with Crippen molar-refractivity contribution in [3.05, 3.63) is 29.8 Å². The number of nitrogens with one attached hydrogen (secondary N) is 2. The highest BCUT2D eigenvalue weighted by Crippen LogP contribution is 2.17. The molecule has 1 aromatic rings. The van der Waals surface area contributed by atoms with Gasteiger partial charge in [-0.15, -0.1) is 0 Å². The Balaban J connectivity index is 2.01. The molecule has 0 bridgehead atoms. The number of benzene rings is 1. The van der Waals surface area contributed by atoms with Crippen LogP contribution in [0.25, 0.3) is 0 Å². The van der Waals surface area contributed by atoms with Crippen LogP contribution in [0.3, 0.4) is 0 Å². The Morgan fingerprint density at radius 1 is 1.14 bits per heavy atom. The van der Waals surface area contributed by atoms with Crippen LogP contribution in [0.2, 0.25) is 0 Å². The van der Waals surface area contributed by atoms with Gasteiger partial charge in [-0.05, 0) is 52.0 Å². The fourth-order valence-corrected chi connectivity index (χ4v) is 4.74. The predicted molar refractivity (Wildman–Crippen MR) is 109 cm³/mol. The van der Waals surface area contributed by atoms with Gasteiger partial charge < -0.3 is 15.0 Å². The van der Waals surface area contributed by atoms with Crippen LogP contribution >= 0.6 is 0 Å². The molecular weight excluding hydrogens is 394 g/mol. The maximum atomic E-state index is 13.0. The van der Waals surface area contributed by atoms with E-state index in [0.717, 1.165) is 11.4 Å². The number of carbonyl (C=O) groups excluding carboxylic acids is 2. The van der Waals surface area contributed by atoms with Crippen molar-refractivity contribution >= 4 is 21.9 Å². The maximum absolute atomic E-state index is 13.0. The Kier molecular flexibility index (Phi) is 7.79. The minimum atomic E-state index is -3.65. The molecule has 0 aliphatic carbocycles. The lowest BCUT2D eigenvalue weighted by molar-refractivity contribution is -0.889. The number of carbonyl (C=O) groups is 2. The van der Waals surface area contributed by atoms with Crippen LogP contribution < -0.4 is 10.2 Å². The molecule has 0 saturated carbocycles. The number of rotatable bonds is 6. The summed E-state index contributed by atoms with van der Waals surface area (Å²) in [5.41, 5.74) is 0.0372. The van der Waals surface area contributed by atoms with Gasteiger partial charge in [0, 0.05) is 18.5 Å². The zero-order chi connectivity index (χ0) is 21.7. The highest BCUT2D eigenvalue weighted by molar-refractivity contribution is 7.89. The van der Waals surface area contributed by atoms with E-state index in [1.54, 1.807) is 6.92 Å². The third kappa shape index (κ3) is 6.80. The average Bonchev–Trinajstić information content (AvgIpc) is 2.86. The number of nitrogens with zero attached hydrogens (tertiary/aromatic N) is 1. The number of ether oxygens (including phenoxy) is 1. The van der Waals surface area contributed by atoms with Crippen LogP contribution in [0.5, 0.6) is 0 Å². The van der Waals surface area contributed by atoms with Gasteiger partial charge in [-0.3, -0.25) is 4.79 Å². The monoisotopic (exact) mass is 426 g/mol. The van der Waals surface area contributed by atoms with Gasteiger partial charge in [-0.1, -0.05) is 0 Å². The van der Waals surface area contributed by atoms with Gasteiger partial charge in [0.25, 0.3) is 5.91 Å². The van der Waals surface area contributed by atoms with E-state index in [1.807, 2.05) is 20.8 Å². The molecular formula is C20H32N3O5S+. The molecule has 0 aromatic heterocycles. The second-order valence-electron chi connectivity index (χ2n) is 8.23. The quantitative estimate of drug-likeness (QED) is 0.627. The zero-order valence-electron chi connectivity index (χ0n) is 17.7. The average molecular weight is 427 g/mol. The van der Waals surface area contributed by atoms with Crippen LogP contribution in [0.15, 0.2) is 29.2 Å². The Morgan fingerprint density at radius 2 is 1.79 bits per heavy atom. The predicted octanol–water partition coefficient (Wildman–Crippen LogP) is 0.0573. The first-order valence-electron chi connectivity index (χ1n) is 9.95. The smallest absolute Gasteiger partial charge is 0.338 e. The summed E-state index contributed by atoms with van der Waals surface area (Å²) in [5, 5.41) is 2.95. The fourth-order valence-electron chi connectivity index (χ4n) is 3.26. The molecule has 1 unspecified atom stereocenters. The van der Waals surface area contributed by atoms with Gasteiger partial charge in [-0.25, -0.2) is 13.2 Å². The van der Waals surface area contributed by atoms with E-state index in [0.29, 0.717) is 38.2 Å². The maximum Gasteiger partial charge on any atom is 0.338 e. The lowest BCUT2D eigenvalue weighted by Gasteiger charge is -2.23. The minimum Gasteiger partial charge on any atom is -0.462 e. The van der Waals surface area contributed by atoms with Gasteiger partial charge in [0.2, 0.25) is 10.0 Å². The number of esters is 1. The fraction of sp³-hybridized carbons (Fsp3) is 0.600. The Hall–Kier alpha value is -1.97. The summed E-state index contributed by atoms with van der Waals surface area (Å²) >= 11 is 0. The molecule has 29 heavy (non-hydrogen) atoms. The summed E-state index contributed by atoms with van der Waals surface area (Å²) in [6, 6.07) is 5.82. The van der Waals surface area contributed by atoms with Crippen molar-refractivity contribution in [3.63, 3.8) is 0 Å². The molecule has 1 fully saturated rings. The minimum absolute atomic E-state index is 0.0293. The van der Waals surface area contributed by atoms with Gasteiger partial charge in [0.05, 0.1) is 36.7 Å². The molecule has 162 valence electrons. The van der Waals surface area contributed by atoms with Crippen molar-refractivity contribution in [1.82, 2.24) is 9.62 Å². The standard InChI is InChI=1S/C20H31N3O5S/c1-5-28-19(25)16-7-9-17(10-8-16)29(26,27)23-12-6-11-22(13-14-23)15-18(24)21-20(2,3)4/h7-10H,5-6,11-15H2,1-4H3,(H,21,24)/p+1. The molecule has 2 N–H and O–H groups in total. The first-order valence-corrected chi connectivity index (χ1v) is 11.4. The summed E-state index contributed by atoms with van der Waals surface area (Å²) in [5.74, 6) is -0.502. The zero-order valence-corrected chi connectivity index (χ0v) is 18.5. The Morgan fingerprint density at radius 3 is 2.38 bits per heavy atom. The molecule has 1 aliphatic rings. The Bertz CT molecular complexity index is 816. The Labute approximate surface area is 173 Å². The van der Waals surface area contributed by atoms with E-state index >= 15 is 0 Å². The highest BCUT2D eigenvalue weighted by Gasteiger charge is 2.29.